The summed E-state index contributed by atoms with van der Waals surface area (Å²) < 4.78 is 0. The number of carbonyl (C=O) groups excluding carboxylic acids is 1. The number of likely N-dealkylation sites (tertiary alicyclic amines) is 1. The summed E-state index contributed by atoms with van der Waals surface area (Å²) in [6.07, 6.45) is 3.69. The lowest BCUT2D eigenvalue weighted by molar-refractivity contribution is -0.121. The van der Waals surface area contributed by atoms with Crippen molar-refractivity contribution in [1.29, 1.82) is 0 Å². The Labute approximate surface area is 104 Å². The standard InChI is InChI=1S/C15H21NO/c1-2-13-3-5-14(6-4-13)7-10-16-11-8-15(17)9-12-16/h3-6H,2,7-12H2,1H3. The van der Waals surface area contributed by atoms with E-state index in [1.165, 1.54) is 11.1 Å². The lowest BCUT2D eigenvalue weighted by Gasteiger charge is -2.25. The fourth-order valence-corrected chi connectivity index (χ4v) is 2.25. The van der Waals surface area contributed by atoms with Gasteiger partial charge in [-0.2, -0.15) is 0 Å². The zero-order chi connectivity index (χ0) is 12.1. The van der Waals surface area contributed by atoms with Crippen molar-refractivity contribution in [2.75, 3.05) is 19.6 Å². The molecule has 1 aromatic rings. The largest absolute Gasteiger partial charge is 0.302 e. The molecule has 0 amide bonds. The van der Waals surface area contributed by atoms with Crippen molar-refractivity contribution in [2.24, 2.45) is 0 Å². The minimum absolute atomic E-state index is 0.425. The van der Waals surface area contributed by atoms with Crippen LogP contribution in [0.3, 0.4) is 0 Å². The number of piperidine rings is 1. The molecule has 1 aliphatic rings. The molecule has 1 saturated heterocycles. The van der Waals surface area contributed by atoms with E-state index in [9.17, 15) is 4.79 Å². The fourth-order valence-electron chi connectivity index (χ4n) is 2.25. The Kier molecular flexibility index (Phi) is 4.32. The molecule has 0 atom stereocenters. The zero-order valence-electron chi connectivity index (χ0n) is 10.6. The van der Waals surface area contributed by atoms with Crippen LogP contribution in [0.25, 0.3) is 0 Å². The van der Waals surface area contributed by atoms with Crippen molar-refractivity contribution in [3.05, 3.63) is 35.4 Å². The van der Waals surface area contributed by atoms with Gasteiger partial charge in [0.2, 0.25) is 0 Å². The topological polar surface area (TPSA) is 20.3 Å². The number of aryl methyl sites for hydroxylation is 1. The SMILES string of the molecule is CCc1ccc(CCN2CCC(=O)CC2)cc1. The third-order valence-corrected chi connectivity index (χ3v) is 3.56. The summed E-state index contributed by atoms with van der Waals surface area (Å²) in [5, 5.41) is 0. The van der Waals surface area contributed by atoms with Crippen molar-refractivity contribution in [2.45, 2.75) is 32.6 Å². The van der Waals surface area contributed by atoms with Gasteiger partial charge in [0.1, 0.15) is 5.78 Å². The Hall–Kier alpha value is -1.15. The number of rotatable bonds is 4. The number of carbonyl (C=O) groups is 1. The summed E-state index contributed by atoms with van der Waals surface area (Å²) >= 11 is 0. The van der Waals surface area contributed by atoms with Gasteiger partial charge < -0.3 is 4.90 Å². The van der Waals surface area contributed by atoms with E-state index in [1.54, 1.807) is 0 Å². The third-order valence-electron chi connectivity index (χ3n) is 3.56. The van der Waals surface area contributed by atoms with E-state index in [1.807, 2.05) is 0 Å². The fraction of sp³-hybridized carbons (Fsp3) is 0.533. The van der Waals surface area contributed by atoms with Crippen molar-refractivity contribution in [3.63, 3.8) is 0 Å². The first-order valence-electron chi connectivity index (χ1n) is 6.60. The second kappa shape index (κ2) is 5.97. The summed E-state index contributed by atoms with van der Waals surface area (Å²) in [6.45, 7) is 5.16. The molecule has 2 nitrogen and oxygen atoms in total. The Morgan fingerprint density at radius 1 is 1.06 bits per heavy atom. The van der Waals surface area contributed by atoms with E-state index >= 15 is 0 Å². The van der Waals surface area contributed by atoms with Crippen LogP contribution >= 0.6 is 0 Å². The molecule has 0 aliphatic carbocycles. The van der Waals surface area contributed by atoms with Crippen molar-refractivity contribution < 1.29 is 4.79 Å². The van der Waals surface area contributed by atoms with Crippen LogP contribution in [0.4, 0.5) is 0 Å². The van der Waals surface area contributed by atoms with Crippen molar-refractivity contribution in [1.82, 2.24) is 4.90 Å². The van der Waals surface area contributed by atoms with E-state index in [4.69, 9.17) is 0 Å². The zero-order valence-corrected chi connectivity index (χ0v) is 10.6. The number of ketones is 1. The van der Waals surface area contributed by atoms with E-state index in [2.05, 4.69) is 36.1 Å². The summed E-state index contributed by atoms with van der Waals surface area (Å²) in [7, 11) is 0. The van der Waals surface area contributed by atoms with Gasteiger partial charge in [0, 0.05) is 32.5 Å². The van der Waals surface area contributed by atoms with Gasteiger partial charge >= 0.3 is 0 Å². The maximum Gasteiger partial charge on any atom is 0.135 e. The first-order chi connectivity index (χ1) is 8.28. The van der Waals surface area contributed by atoms with Gasteiger partial charge in [0.05, 0.1) is 0 Å². The normalized spacial score (nSPS) is 17.4. The van der Waals surface area contributed by atoms with Crippen LogP contribution < -0.4 is 0 Å². The van der Waals surface area contributed by atoms with Gasteiger partial charge in [0.25, 0.3) is 0 Å². The average Bonchev–Trinajstić information content (AvgIpc) is 2.39. The molecule has 0 spiro atoms. The lowest BCUT2D eigenvalue weighted by Crippen LogP contribution is -2.35. The molecule has 1 aliphatic heterocycles. The molecule has 1 heterocycles. The summed E-state index contributed by atoms with van der Waals surface area (Å²) in [5.74, 6) is 0.425. The van der Waals surface area contributed by atoms with Gasteiger partial charge in [-0.3, -0.25) is 4.79 Å². The Morgan fingerprint density at radius 3 is 2.24 bits per heavy atom. The predicted octanol–water partition coefficient (Wildman–Crippen LogP) is 2.46. The van der Waals surface area contributed by atoms with Crippen molar-refractivity contribution in [3.8, 4) is 0 Å². The highest BCUT2D eigenvalue weighted by Gasteiger charge is 2.15. The minimum atomic E-state index is 0.425. The van der Waals surface area contributed by atoms with Crippen LogP contribution in [0.1, 0.15) is 30.9 Å². The second-order valence-electron chi connectivity index (χ2n) is 4.80. The molecular weight excluding hydrogens is 210 g/mol. The molecule has 17 heavy (non-hydrogen) atoms. The minimum Gasteiger partial charge on any atom is -0.302 e. The summed E-state index contributed by atoms with van der Waals surface area (Å²) in [4.78, 5) is 13.5. The van der Waals surface area contributed by atoms with Crippen LogP contribution in [0, 0.1) is 0 Å². The number of hydrogen-bond acceptors (Lipinski definition) is 2. The molecule has 1 fully saturated rings. The summed E-state index contributed by atoms with van der Waals surface area (Å²) in [5.41, 5.74) is 2.80. The van der Waals surface area contributed by atoms with Gasteiger partial charge in [-0.05, 0) is 24.0 Å². The molecule has 0 aromatic heterocycles. The molecule has 92 valence electrons. The molecule has 0 unspecified atom stereocenters. The number of Topliss-reactive ketones (excluding diaryl/α,β-unsaturated/α-hetero) is 1. The molecule has 0 saturated carbocycles. The van der Waals surface area contributed by atoms with Crippen molar-refractivity contribution >= 4 is 5.78 Å². The third kappa shape index (κ3) is 3.67. The molecule has 0 bridgehead atoms. The van der Waals surface area contributed by atoms with E-state index in [0.717, 1.165) is 45.3 Å². The number of hydrogen-bond donors (Lipinski definition) is 0. The highest BCUT2D eigenvalue weighted by molar-refractivity contribution is 5.79. The highest BCUT2D eigenvalue weighted by atomic mass is 16.1. The van der Waals surface area contributed by atoms with Crippen LogP contribution in [-0.2, 0) is 17.6 Å². The summed E-state index contributed by atoms with van der Waals surface area (Å²) in [6, 6.07) is 8.89. The maximum atomic E-state index is 11.1. The van der Waals surface area contributed by atoms with Gasteiger partial charge in [0.15, 0.2) is 0 Å². The first-order valence-corrected chi connectivity index (χ1v) is 6.60. The molecule has 0 radical (unpaired) electrons. The Morgan fingerprint density at radius 2 is 1.65 bits per heavy atom. The van der Waals surface area contributed by atoms with Gasteiger partial charge in [-0.15, -0.1) is 0 Å². The Balaban J connectivity index is 1.79. The Bertz CT molecular complexity index is 359. The van der Waals surface area contributed by atoms with Gasteiger partial charge in [-0.1, -0.05) is 31.2 Å². The highest BCUT2D eigenvalue weighted by Crippen LogP contribution is 2.09. The second-order valence-corrected chi connectivity index (χ2v) is 4.80. The molecular formula is C15H21NO. The van der Waals surface area contributed by atoms with E-state index in [-0.39, 0.29) is 0 Å². The molecule has 2 heteroatoms. The number of nitrogens with zero attached hydrogens (tertiary/aromatic N) is 1. The average molecular weight is 231 g/mol. The predicted molar refractivity (Wildman–Crippen MR) is 70.2 cm³/mol. The quantitative estimate of drug-likeness (QED) is 0.793. The smallest absolute Gasteiger partial charge is 0.135 e. The number of benzene rings is 1. The van der Waals surface area contributed by atoms with Crippen LogP contribution in [0.5, 0.6) is 0 Å². The monoisotopic (exact) mass is 231 g/mol. The van der Waals surface area contributed by atoms with Crippen LogP contribution in [0.15, 0.2) is 24.3 Å². The lowest BCUT2D eigenvalue weighted by atomic mass is 10.1. The van der Waals surface area contributed by atoms with Crippen LogP contribution in [0.2, 0.25) is 0 Å². The molecule has 0 N–H and O–H groups in total. The van der Waals surface area contributed by atoms with E-state index in [0.29, 0.717) is 5.78 Å². The molecule has 2 rings (SSSR count). The van der Waals surface area contributed by atoms with E-state index < -0.39 is 0 Å². The first kappa shape index (κ1) is 12.3. The van der Waals surface area contributed by atoms with Crippen LogP contribution in [-0.4, -0.2) is 30.3 Å². The van der Waals surface area contributed by atoms with Gasteiger partial charge in [-0.25, -0.2) is 0 Å². The molecule has 1 aromatic carbocycles. The maximum absolute atomic E-state index is 11.1.